The van der Waals surface area contributed by atoms with Crippen molar-refractivity contribution in [1.29, 1.82) is 0 Å². The van der Waals surface area contributed by atoms with Crippen LogP contribution in [-0.4, -0.2) is 45.5 Å². The third-order valence-corrected chi connectivity index (χ3v) is 6.55. The van der Waals surface area contributed by atoms with Gasteiger partial charge >= 0.3 is 0 Å². The standard InChI is InChI=1S/C12H13N3.2C11H12N4.3C2H6/c1-3-11-12(13-9(2)14-15-11)10-7-5-4-6-8-10;2*1-2-9-10(13-11(12)15-14-9)8-6-4-3-5-7-8;3*1-2/h4-8H,3H2,1-2H3;2*3-7H,2H2,1H3,(H2,12,13,15);3*1-2H3. The van der Waals surface area contributed by atoms with E-state index in [1.807, 2.05) is 153 Å². The molecule has 11 nitrogen and oxygen atoms in total. The summed E-state index contributed by atoms with van der Waals surface area (Å²) in [5, 5.41) is 23.7. The van der Waals surface area contributed by atoms with Crippen molar-refractivity contribution in [2.45, 2.75) is 88.5 Å². The zero-order valence-electron chi connectivity index (χ0n) is 32.0. The first-order valence-electron chi connectivity index (χ1n) is 17.8. The van der Waals surface area contributed by atoms with Gasteiger partial charge in [-0.1, -0.05) is 153 Å². The average Bonchev–Trinajstić information content (AvgIpc) is 3.21. The van der Waals surface area contributed by atoms with E-state index in [1.165, 1.54) is 0 Å². The summed E-state index contributed by atoms with van der Waals surface area (Å²) in [7, 11) is 0. The van der Waals surface area contributed by atoms with Crippen molar-refractivity contribution < 1.29 is 0 Å². The maximum absolute atomic E-state index is 5.53. The van der Waals surface area contributed by atoms with E-state index in [1.54, 1.807) is 0 Å². The first kappa shape index (κ1) is 43.3. The van der Waals surface area contributed by atoms with Gasteiger partial charge in [0.05, 0.1) is 34.2 Å². The number of aryl methyl sites for hydroxylation is 4. The Labute approximate surface area is 304 Å². The lowest BCUT2D eigenvalue weighted by Gasteiger charge is -2.05. The Morgan fingerprint density at radius 1 is 0.392 bits per heavy atom. The topological polar surface area (TPSA) is 168 Å². The van der Waals surface area contributed by atoms with Crippen molar-refractivity contribution in [3.63, 3.8) is 0 Å². The van der Waals surface area contributed by atoms with Gasteiger partial charge in [-0.05, 0) is 26.2 Å². The van der Waals surface area contributed by atoms with Crippen LogP contribution in [0.4, 0.5) is 11.9 Å². The Balaban J connectivity index is 0.000000356. The third-order valence-electron chi connectivity index (χ3n) is 6.55. The normalized spacial score (nSPS) is 9.37. The molecule has 0 aliphatic carbocycles. The van der Waals surface area contributed by atoms with Gasteiger partial charge in [0.1, 0.15) is 5.82 Å². The number of rotatable bonds is 6. The predicted molar refractivity (Wildman–Crippen MR) is 212 cm³/mol. The van der Waals surface area contributed by atoms with Crippen LogP contribution in [0.5, 0.6) is 0 Å². The minimum absolute atomic E-state index is 0.214. The summed E-state index contributed by atoms with van der Waals surface area (Å²) < 4.78 is 0. The molecule has 0 fully saturated rings. The molecule has 0 aliphatic rings. The van der Waals surface area contributed by atoms with E-state index >= 15 is 0 Å². The van der Waals surface area contributed by atoms with Gasteiger partial charge in [-0.3, -0.25) is 0 Å². The maximum atomic E-state index is 5.53. The molecular formula is C40H55N11. The lowest BCUT2D eigenvalue weighted by Crippen LogP contribution is -2.03. The number of nitrogens with zero attached hydrogens (tertiary/aromatic N) is 9. The van der Waals surface area contributed by atoms with Crippen LogP contribution in [0.25, 0.3) is 33.8 Å². The smallest absolute Gasteiger partial charge is 0.240 e. The molecule has 6 rings (SSSR count). The summed E-state index contributed by atoms with van der Waals surface area (Å²) in [5.41, 5.74) is 19.5. The third kappa shape index (κ3) is 14.0. The van der Waals surface area contributed by atoms with Gasteiger partial charge in [-0.15, -0.1) is 25.5 Å². The molecule has 51 heavy (non-hydrogen) atoms. The summed E-state index contributed by atoms with van der Waals surface area (Å²) in [6, 6.07) is 29.8. The second kappa shape index (κ2) is 25.3. The lowest BCUT2D eigenvalue weighted by atomic mass is 10.1. The molecule has 3 aromatic heterocycles. The molecule has 0 radical (unpaired) electrons. The second-order valence-corrected chi connectivity index (χ2v) is 9.74. The van der Waals surface area contributed by atoms with E-state index in [-0.39, 0.29) is 11.9 Å². The molecule has 11 heteroatoms. The largest absolute Gasteiger partial charge is 0.366 e. The van der Waals surface area contributed by atoms with Crippen molar-refractivity contribution in [3.8, 4) is 33.8 Å². The molecule has 3 aromatic carbocycles. The van der Waals surface area contributed by atoms with Gasteiger partial charge in [-0.2, -0.15) is 5.10 Å². The van der Waals surface area contributed by atoms with E-state index in [2.05, 4.69) is 52.5 Å². The molecule has 0 saturated carbocycles. The van der Waals surface area contributed by atoms with E-state index < -0.39 is 0 Å². The van der Waals surface area contributed by atoms with Gasteiger partial charge in [0, 0.05) is 16.7 Å². The molecule has 270 valence electrons. The fourth-order valence-electron chi connectivity index (χ4n) is 4.35. The number of hydrogen-bond donors (Lipinski definition) is 2. The molecule has 0 unspecified atom stereocenters. The van der Waals surface area contributed by atoms with Crippen molar-refractivity contribution in [2.75, 3.05) is 11.5 Å². The highest BCUT2D eigenvalue weighted by molar-refractivity contribution is 5.63. The van der Waals surface area contributed by atoms with Crippen LogP contribution in [0.2, 0.25) is 0 Å². The van der Waals surface area contributed by atoms with Gasteiger partial charge in [0.2, 0.25) is 11.9 Å². The lowest BCUT2D eigenvalue weighted by molar-refractivity contribution is 0.846. The van der Waals surface area contributed by atoms with Crippen LogP contribution < -0.4 is 11.5 Å². The number of benzene rings is 3. The van der Waals surface area contributed by atoms with Gasteiger partial charge < -0.3 is 11.5 Å². The first-order valence-corrected chi connectivity index (χ1v) is 17.8. The zero-order chi connectivity index (χ0) is 38.0. The average molecular weight is 690 g/mol. The summed E-state index contributed by atoms with van der Waals surface area (Å²) in [6.45, 7) is 20.0. The number of nitrogen functional groups attached to an aromatic ring is 2. The first-order chi connectivity index (χ1) is 24.9. The van der Waals surface area contributed by atoms with Crippen LogP contribution in [-0.2, 0) is 19.3 Å². The van der Waals surface area contributed by atoms with Crippen molar-refractivity contribution >= 4 is 11.9 Å². The maximum Gasteiger partial charge on any atom is 0.240 e. The van der Waals surface area contributed by atoms with Crippen LogP contribution in [0.15, 0.2) is 91.0 Å². The highest BCUT2D eigenvalue weighted by atomic mass is 15.2. The quantitative estimate of drug-likeness (QED) is 0.171. The van der Waals surface area contributed by atoms with E-state index in [4.69, 9.17) is 11.5 Å². The number of hydrogen-bond acceptors (Lipinski definition) is 11. The second-order valence-electron chi connectivity index (χ2n) is 9.74. The number of nitrogens with two attached hydrogens (primary N) is 2. The summed E-state index contributed by atoms with van der Waals surface area (Å²) >= 11 is 0. The molecule has 4 N–H and O–H groups in total. The highest BCUT2D eigenvalue weighted by Crippen LogP contribution is 2.22. The molecule has 6 aromatic rings. The fraction of sp³-hybridized carbons (Fsp3) is 0.325. The Kier molecular flexibility index (Phi) is 21.5. The molecule has 0 bridgehead atoms. The van der Waals surface area contributed by atoms with Gasteiger partial charge in [0.25, 0.3) is 0 Å². The fourth-order valence-corrected chi connectivity index (χ4v) is 4.35. The predicted octanol–water partition coefficient (Wildman–Crippen LogP) is 8.85. The number of anilines is 2. The number of aromatic nitrogens is 9. The molecule has 0 amide bonds. The molecule has 0 aliphatic heterocycles. The minimum atomic E-state index is 0.214. The van der Waals surface area contributed by atoms with Gasteiger partial charge in [0.15, 0.2) is 0 Å². The monoisotopic (exact) mass is 689 g/mol. The van der Waals surface area contributed by atoms with Crippen molar-refractivity contribution in [3.05, 3.63) is 114 Å². The van der Waals surface area contributed by atoms with E-state index in [9.17, 15) is 0 Å². The Morgan fingerprint density at radius 2 is 0.667 bits per heavy atom. The summed E-state index contributed by atoms with van der Waals surface area (Å²) in [4.78, 5) is 12.9. The molecule has 0 saturated heterocycles. The van der Waals surface area contributed by atoms with Crippen molar-refractivity contribution in [1.82, 2.24) is 45.5 Å². The molecule has 0 atom stereocenters. The van der Waals surface area contributed by atoms with Crippen molar-refractivity contribution in [2.24, 2.45) is 0 Å². The van der Waals surface area contributed by atoms with Crippen LogP contribution >= 0.6 is 0 Å². The van der Waals surface area contributed by atoms with Crippen LogP contribution in [0.1, 0.15) is 85.2 Å². The van der Waals surface area contributed by atoms with Crippen LogP contribution in [0, 0.1) is 6.92 Å². The Hall–Kier alpha value is -5.71. The highest BCUT2D eigenvalue weighted by Gasteiger charge is 2.09. The Morgan fingerprint density at radius 3 is 0.961 bits per heavy atom. The molecule has 3 heterocycles. The minimum Gasteiger partial charge on any atom is -0.366 e. The summed E-state index contributed by atoms with van der Waals surface area (Å²) in [6.07, 6.45) is 2.44. The summed E-state index contributed by atoms with van der Waals surface area (Å²) in [5.74, 6) is 1.14. The van der Waals surface area contributed by atoms with E-state index in [0.29, 0.717) is 5.82 Å². The van der Waals surface area contributed by atoms with Crippen LogP contribution in [0.3, 0.4) is 0 Å². The molecular weight excluding hydrogens is 635 g/mol. The van der Waals surface area contributed by atoms with E-state index in [0.717, 1.165) is 70.1 Å². The molecule has 0 spiro atoms. The SMILES string of the molecule is CC.CC.CC.CCc1nnc(C)nc1-c1ccccc1.CCc1nnc(N)nc1-c1ccccc1.CCc1nnc(N)nc1-c1ccccc1. The Bertz CT molecular complexity index is 1570. The zero-order valence-corrected chi connectivity index (χ0v) is 32.0. The van der Waals surface area contributed by atoms with Gasteiger partial charge in [-0.25, -0.2) is 15.0 Å².